The van der Waals surface area contributed by atoms with Gasteiger partial charge in [0.25, 0.3) is 10.2 Å². The second-order valence-corrected chi connectivity index (χ2v) is 8.02. The summed E-state index contributed by atoms with van der Waals surface area (Å²) in [4.78, 5) is 0. The highest BCUT2D eigenvalue weighted by Gasteiger charge is 2.35. The van der Waals surface area contributed by atoms with Crippen molar-refractivity contribution in [2.24, 2.45) is 11.8 Å². The van der Waals surface area contributed by atoms with E-state index in [-0.39, 0.29) is 0 Å². The molecule has 19 heavy (non-hydrogen) atoms. The zero-order chi connectivity index (χ0) is 13.9. The maximum absolute atomic E-state index is 12.6. The fraction of sp³-hybridized carbons (Fsp3) is 1.00. The van der Waals surface area contributed by atoms with Gasteiger partial charge in [0.2, 0.25) is 0 Å². The van der Waals surface area contributed by atoms with Crippen LogP contribution in [0.4, 0.5) is 0 Å². The van der Waals surface area contributed by atoms with Gasteiger partial charge in [0.1, 0.15) is 0 Å². The standard InChI is InChI=1S/C13H25ClN2O2S/c1-2-12-4-3-7-16(11-12)19(17,18)15-8-5-13(10-14)6-9-15/h12-13H,2-11H2,1H3. The van der Waals surface area contributed by atoms with Crippen LogP contribution in [0, 0.1) is 11.8 Å². The molecule has 0 amide bonds. The summed E-state index contributed by atoms with van der Waals surface area (Å²) < 4.78 is 28.6. The van der Waals surface area contributed by atoms with Crippen LogP contribution in [-0.4, -0.2) is 49.1 Å². The lowest BCUT2D eigenvalue weighted by molar-refractivity contribution is 0.224. The van der Waals surface area contributed by atoms with Crippen molar-refractivity contribution in [3.05, 3.63) is 0 Å². The Kier molecular flexibility index (Phi) is 5.52. The Labute approximate surface area is 122 Å². The molecule has 0 saturated carbocycles. The highest BCUT2D eigenvalue weighted by molar-refractivity contribution is 7.86. The average molecular weight is 309 g/mol. The molecule has 2 aliphatic rings. The van der Waals surface area contributed by atoms with Crippen LogP contribution in [0.2, 0.25) is 0 Å². The monoisotopic (exact) mass is 308 g/mol. The lowest BCUT2D eigenvalue weighted by atomic mass is 9.97. The molecule has 0 N–H and O–H groups in total. The van der Waals surface area contributed by atoms with E-state index >= 15 is 0 Å². The minimum atomic E-state index is -3.24. The van der Waals surface area contributed by atoms with Crippen LogP contribution in [0.25, 0.3) is 0 Å². The first-order valence-corrected chi connectivity index (χ1v) is 9.32. The first kappa shape index (κ1) is 15.5. The van der Waals surface area contributed by atoms with Gasteiger partial charge in [0.05, 0.1) is 0 Å². The van der Waals surface area contributed by atoms with Crippen LogP contribution < -0.4 is 0 Å². The molecule has 0 aromatic rings. The predicted molar refractivity (Wildman–Crippen MR) is 78.5 cm³/mol. The number of rotatable bonds is 4. The molecule has 4 nitrogen and oxygen atoms in total. The molecule has 1 unspecified atom stereocenters. The van der Waals surface area contributed by atoms with Crippen molar-refractivity contribution in [1.82, 2.24) is 8.61 Å². The molecule has 0 bridgehead atoms. The fourth-order valence-electron chi connectivity index (χ4n) is 3.03. The Morgan fingerprint density at radius 1 is 1.05 bits per heavy atom. The zero-order valence-corrected chi connectivity index (χ0v) is 13.3. The topological polar surface area (TPSA) is 40.6 Å². The van der Waals surface area contributed by atoms with Gasteiger partial charge in [0.15, 0.2) is 0 Å². The quantitative estimate of drug-likeness (QED) is 0.748. The maximum atomic E-state index is 12.6. The third-order valence-electron chi connectivity index (χ3n) is 4.50. The molecule has 2 rings (SSSR count). The number of hydrogen-bond donors (Lipinski definition) is 0. The van der Waals surface area contributed by atoms with Crippen LogP contribution in [0.15, 0.2) is 0 Å². The van der Waals surface area contributed by atoms with E-state index < -0.39 is 10.2 Å². The van der Waals surface area contributed by atoms with Gasteiger partial charge >= 0.3 is 0 Å². The summed E-state index contributed by atoms with van der Waals surface area (Å²) in [6.07, 6.45) is 5.02. The van der Waals surface area contributed by atoms with Crippen molar-refractivity contribution >= 4 is 21.8 Å². The molecule has 0 aromatic heterocycles. The third kappa shape index (κ3) is 3.63. The van der Waals surface area contributed by atoms with E-state index in [4.69, 9.17) is 11.6 Å². The van der Waals surface area contributed by atoms with E-state index in [1.54, 1.807) is 8.61 Å². The second-order valence-electron chi connectivity index (χ2n) is 5.78. The molecule has 0 spiro atoms. The summed E-state index contributed by atoms with van der Waals surface area (Å²) in [6, 6.07) is 0. The van der Waals surface area contributed by atoms with Crippen LogP contribution in [0.1, 0.15) is 39.0 Å². The summed E-state index contributed by atoms with van der Waals surface area (Å²) in [5, 5.41) is 0. The smallest absolute Gasteiger partial charge is 0.195 e. The van der Waals surface area contributed by atoms with Crippen LogP contribution in [0.5, 0.6) is 0 Å². The molecular formula is C13H25ClN2O2S. The van der Waals surface area contributed by atoms with Crippen molar-refractivity contribution in [3.8, 4) is 0 Å². The lowest BCUT2D eigenvalue weighted by Crippen LogP contribution is -2.50. The number of alkyl halides is 1. The molecule has 2 saturated heterocycles. The van der Waals surface area contributed by atoms with E-state index in [9.17, 15) is 8.42 Å². The Bertz CT molecular complexity index is 380. The first-order valence-electron chi connectivity index (χ1n) is 7.39. The minimum Gasteiger partial charge on any atom is -0.195 e. The Balaban J connectivity index is 1.98. The van der Waals surface area contributed by atoms with E-state index in [0.29, 0.717) is 43.9 Å². The molecule has 1 atom stereocenters. The van der Waals surface area contributed by atoms with Gasteiger partial charge in [-0.3, -0.25) is 0 Å². The Hall–Kier alpha value is 0.160. The molecule has 2 fully saturated rings. The maximum Gasteiger partial charge on any atom is 0.281 e. The number of nitrogens with zero attached hydrogens (tertiary/aromatic N) is 2. The van der Waals surface area contributed by atoms with Gasteiger partial charge in [-0.05, 0) is 37.5 Å². The van der Waals surface area contributed by atoms with Crippen molar-refractivity contribution in [2.45, 2.75) is 39.0 Å². The summed E-state index contributed by atoms with van der Waals surface area (Å²) in [5.41, 5.74) is 0. The molecular weight excluding hydrogens is 284 g/mol. The van der Waals surface area contributed by atoms with E-state index in [2.05, 4.69) is 6.92 Å². The van der Waals surface area contributed by atoms with Gasteiger partial charge in [-0.2, -0.15) is 17.0 Å². The summed E-state index contributed by atoms with van der Waals surface area (Å²) >= 11 is 5.85. The number of halogens is 1. The SMILES string of the molecule is CCC1CCCN(S(=O)(=O)N2CCC(CCl)CC2)C1. The van der Waals surface area contributed by atoms with E-state index in [1.165, 1.54) is 0 Å². The van der Waals surface area contributed by atoms with E-state index in [0.717, 1.165) is 32.1 Å². The molecule has 2 aliphatic heterocycles. The predicted octanol–water partition coefficient (Wildman–Crippen LogP) is 2.30. The first-order chi connectivity index (χ1) is 9.07. The Morgan fingerprint density at radius 3 is 2.32 bits per heavy atom. The van der Waals surface area contributed by atoms with Gasteiger partial charge in [-0.1, -0.05) is 13.3 Å². The highest BCUT2D eigenvalue weighted by atomic mass is 35.5. The van der Waals surface area contributed by atoms with Gasteiger partial charge < -0.3 is 0 Å². The normalized spacial score (nSPS) is 28.6. The molecule has 0 aromatic carbocycles. The van der Waals surface area contributed by atoms with Gasteiger partial charge in [0, 0.05) is 32.1 Å². The largest absolute Gasteiger partial charge is 0.281 e. The molecule has 0 aliphatic carbocycles. The molecule has 112 valence electrons. The van der Waals surface area contributed by atoms with Crippen molar-refractivity contribution in [1.29, 1.82) is 0 Å². The van der Waals surface area contributed by atoms with Crippen molar-refractivity contribution in [3.63, 3.8) is 0 Å². The molecule has 6 heteroatoms. The van der Waals surface area contributed by atoms with Crippen LogP contribution >= 0.6 is 11.6 Å². The number of piperidine rings is 2. The summed E-state index contributed by atoms with van der Waals surface area (Å²) in [5.74, 6) is 1.66. The third-order valence-corrected chi connectivity index (χ3v) is 6.94. The van der Waals surface area contributed by atoms with Crippen LogP contribution in [-0.2, 0) is 10.2 Å². The van der Waals surface area contributed by atoms with Gasteiger partial charge in [-0.15, -0.1) is 11.6 Å². The van der Waals surface area contributed by atoms with E-state index in [1.807, 2.05) is 0 Å². The average Bonchev–Trinajstić information content (AvgIpc) is 2.47. The highest BCUT2D eigenvalue weighted by Crippen LogP contribution is 2.26. The minimum absolute atomic E-state index is 0.484. The van der Waals surface area contributed by atoms with Gasteiger partial charge in [-0.25, -0.2) is 0 Å². The van der Waals surface area contributed by atoms with Crippen molar-refractivity contribution < 1.29 is 8.42 Å². The second kappa shape index (κ2) is 6.74. The summed E-state index contributed by atoms with van der Waals surface area (Å²) in [6.45, 7) is 4.80. The fourth-order valence-corrected chi connectivity index (χ4v) is 5.09. The zero-order valence-electron chi connectivity index (χ0n) is 11.7. The number of hydrogen-bond acceptors (Lipinski definition) is 2. The molecule has 2 heterocycles. The molecule has 0 radical (unpaired) electrons. The van der Waals surface area contributed by atoms with Crippen LogP contribution in [0.3, 0.4) is 0 Å². The lowest BCUT2D eigenvalue weighted by Gasteiger charge is -2.37. The summed E-state index contributed by atoms with van der Waals surface area (Å²) in [7, 11) is -3.24. The van der Waals surface area contributed by atoms with Crippen molar-refractivity contribution in [2.75, 3.05) is 32.1 Å². The Morgan fingerprint density at radius 2 is 1.74 bits per heavy atom.